The Morgan fingerprint density at radius 3 is 2.55 bits per heavy atom. The summed E-state index contributed by atoms with van der Waals surface area (Å²) in [6, 6.07) is 13.6. The molecule has 0 saturated carbocycles. The molecule has 0 amide bonds. The summed E-state index contributed by atoms with van der Waals surface area (Å²) >= 11 is 1.22. The van der Waals surface area contributed by atoms with Gasteiger partial charge in [0.25, 0.3) is 5.56 Å². The van der Waals surface area contributed by atoms with Crippen LogP contribution in [0.1, 0.15) is 29.5 Å². The lowest BCUT2D eigenvalue weighted by atomic mass is 9.82. The molecular formula is C24H22FN3O4S. The van der Waals surface area contributed by atoms with Crippen LogP contribution >= 0.6 is 11.8 Å². The number of halogens is 1. The number of fused-ring (bicyclic) bond motifs is 1. The number of hydrogen-bond acceptors (Lipinski definition) is 7. The van der Waals surface area contributed by atoms with E-state index in [1.807, 2.05) is 0 Å². The molecular weight excluding hydrogens is 445 g/mol. The Balaban J connectivity index is 1.76. The van der Waals surface area contributed by atoms with E-state index < -0.39 is 17.4 Å². The summed E-state index contributed by atoms with van der Waals surface area (Å²) in [5.41, 5.74) is 2.01. The van der Waals surface area contributed by atoms with E-state index in [1.165, 1.54) is 24.9 Å². The van der Waals surface area contributed by atoms with Gasteiger partial charge in [0.15, 0.2) is 5.16 Å². The lowest BCUT2D eigenvalue weighted by Gasteiger charge is -2.28. The quantitative estimate of drug-likeness (QED) is 0.319. The normalized spacial score (nSPS) is 15.0. The van der Waals surface area contributed by atoms with Gasteiger partial charge < -0.3 is 19.8 Å². The molecule has 33 heavy (non-hydrogen) atoms. The van der Waals surface area contributed by atoms with Crippen LogP contribution in [0.4, 0.5) is 10.2 Å². The summed E-state index contributed by atoms with van der Waals surface area (Å²) in [4.78, 5) is 33.2. The average Bonchev–Trinajstić information content (AvgIpc) is 2.82. The van der Waals surface area contributed by atoms with Crippen LogP contribution in [0.2, 0.25) is 0 Å². The summed E-state index contributed by atoms with van der Waals surface area (Å²) in [7, 11) is 2.86. The van der Waals surface area contributed by atoms with Crippen LogP contribution in [0.3, 0.4) is 0 Å². The maximum atomic E-state index is 14.0. The molecule has 1 unspecified atom stereocenters. The fourth-order valence-corrected chi connectivity index (χ4v) is 4.62. The van der Waals surface area contributed by atoms with E-state index >= 15 is 0 Å². The van der Waals surface area contributed by atoms with Gasteiger partial charge in [0, 0.05) is 11.4 Å². The maximum absolute atomic E-state index is 14.0. The zero-order chi connectivity index (χ0) is 23.5. The van der Waals surface area contributed by atoms with Crippen molar-refractivity contribution in [3.8, 4) is 5.75 Å². The Kier molecular flexibility index (Phi) is 6.50. The molecule has 1 atom stereocenters. The second-order valence-electron chi connectivity index (χ2n) is 7.37. The number of thioether (sulfide) groups is 1. The van der Waals surface area contributed by atoms with Crippen molar-refractivity contribution in [3.63, 3.8) is 0 Å². The number of rotatable bonds is 6. The van der Waals surface area contributed by atoms with Gasteiger partial charge in [-0.2, -0.15) is 0 Å². The number of nitrogens with zero attached hydrogens (tertiary/aromatic N) is 1. The predicted octanol–water partition coefficient (Wildman–Crippen LogP) is 4.21. The summed E-state index contributed by atoms with van der Waals surface area (Å²) < 4.78 is 24.2. The number of nitrogens with one attached hydrogen (secondary N) is 2. The molecule has 4 rings (SSSR count). The van der Waals surface area contributed by atoms with E-state index in [2.05, 4.69) is 15.3 Å². The first-order valence-electron chi connectivity index (χ1n) is 10.1. The number of allylic oxidation sites excluding steroid dienone is 1. The largest absolute Gasteiger partial charge is 0.497 e. The molecule has 2 N–H and O–H groups in total. The molecule has 1 aliphatic rings. The van der Waals surface area contributed by atoms with Crippen LogP contribution in [-0.4, -0.2) is 30.2 Å². The van der Waals surface area contributed by atoms with Gasteiger partial charge >= 0.3 is 5.97 Å². The molecule has 0 radical (unpaired) electrons. The number of carbonyl (C=O) groups is 1. The van der Waals surface area contributed by atoms with Crippen molar-refractivity contribution in [3.05, 3.63) is 92.7 Å². The second kappa shape index (κ2) is 9.50. The van der Waals surface area contributed by atoms with Crippen molar-refractivity contribution in [1.82, 2.24) is 9.97 Å². The van der Waals surface area contributed by atoms with E-state index in [0.29, 0.717) is 44.9 Å². The summed E-state index contributed by atoms with van der Waals surface area (Å²) in [5, 5.41) is 3.42. The summed E-state index contributed by atoms with van der Waals surface area (Å²) in [6.45, 7) is 1.74. The number of hydrogen-bond donors (Lipinski definition) is 2. The van der Waals surface area contributed by atoms with Gasteiger partial charge in [-0.25, -0.2) is 14.2 Å². The van der Waals surface area contributed by atoms with Gasteiger partial charge in [-0.1, -0.05) is 42.1 Å². The summed E-state index contributed by atoms with van der Waals surface area (Å²) in [6.07, 6.45) is 0. The SMILES string of the molecule is COC(=O)C1=C(C)Nc2nc(SCc3ccccc3F)[nH]c(=O)c2C1c1ccc(OC)cc1. The van der Waals surface area contributed by atoms with Crippen molar-refractivity contribution < 1.29 is 18.7 Å². The van der Waals surface area contributed by atoms with E-state index in [9.17, 15) is 14.0 Å². The molecule has 0 bridgehead atoms. The number of anilines is 1. The molecule has 170 valence electrons. The van der Waals surface area contributed by atoms with Crippen molar-refractivity contribution >= 4 is 23.5 Å². The molecule has 0 aliphatic carbocycles. The van der Waals surface area contributed by atoms with Gasteiger partial charge in [-0.3, -0.25) is 4.79 Å². The predicted molar refractivity (Wildman–Crippen MR) is 124 cm³/mol. The first kappa shape index (κ1) is 22.6. The minimum Gasteiger partial charge on any atom is -0.497 e. The molecule has 7 nitrogen and oxygen atoms in total. The number of ether oxygens (including phenoxy) is 2. The number of aromatic nitrogens is 2. The zero-order valence-electron chi connectivity index (χ0n) is 18.3. The van der Waals surface area contributed by atoms with Crippen LogP contribution in [0.5, 0.6) is 5.75 Å². The Labute approximate surface area is 194 Å². The fraction of sp³-hybridized carbons (Fsp3) is 0.208. The van der Waals surface area contributed by atoms with Crippen LogP contribution < -0.4 is 15.6 Å². The Hall–Kier alpha value is -3.59. The first-order valence-corrected chi connectivity index (χ1v) is 11.1. The van der Waals surface area contributed by atoms with Crippen LogP contribution in [0, 0.1) is 5.82 Å². The van der Waals surface area contributed by atoms with Gasteiger partial charge in [-0.05, 0) is 36.2 Å². The lowest BCUT2D eigenvalue weighted by molar-refractivity contribution is -0.136. The second-order valence-corrected chi connectivity index (χ2v) is 8.34. The van der Waals surface area contributed by atoms with Crippen molar-refractivity contribution in [2.75, 3.05) is 19.5 Å². The first-order chi connectivity index (χ1) is 15.9. The van der Waals surface area contributed by atoms with Gasteiger partial charge in [0.2, 0.25) is 0 Å². The highest BCUT2D eigenvalue weighted by Crippen LogP contribution is 2.40. The van der Waals surface area contributed by atoms with Crippen molar-refractivity contribution in [2.24, 2.45) is 0 Å². The average molecular weight is 468 g/mol. The monoisotopic (exact) mass is 467 g/mol. The van der Waals surface area contributed by atoms with Crippen LogP contribution in [0.15, 0.2) is 69.8 Å². The van der Waals surface area contributed by atoms with E-state index in [4.69, 9.17) is 9.47 Å². The van der Waals surface area contributed by atoms with Crippen LogP contribution in [-0.2, 0) is 15.3 Å². The highest BCUT2D eigenvalue weighted by molar-refractivity contribution is 7.98. The Morgan fingerprint density at radius 1 is 1.15 bits per heavy atom. The number of benzene rings is 2. The Morgan fingerprint density at radius 2 is 1.88 bits per heavy atom. The van der Waals surface area contributed by atoms with Crippen molar-refractivity contribution in [2.45, 2.75) is 23.8 Å². The smallest absolute Gasteiger partial charge is 0.336 e. The van der Waals surface area contributed by atoms with E-state index in [0.717, 1.165) is 5.56 Å². The number of aromatic amines is 1. The molecule has 2 aromatic carbocycles. The van der Waals surface area contributed by atoms with Gasteiger partial charge in [0.1, 0.15) is 17.4 Å². The van der Waals surface area contributed by atoms with E-state index in [-0.39, 0.29) is 5.82 Å². The standard InChI is InChI=1S/C24H22FN3O4S/c1-13-18(23(30)32-3)19(14-8-10-16(31-2)11-9-14)20-21(26-13)27-24(28-22(20)29)33-12-15-6-4-5-7-17(15)25/h4-11,19H,12H2,1-3H3,(H2,26,27,28,29). The third kappa shape index (κ3) is 4.49. The molecule has 1 aliphatic heterocycles. The number of methoxy groups -OCH3 is 2. The molecule has 0 spiro atoms. The number of esters is 1. The van der Waals surface area contributed by atoms with Gasteiger partial charge in [0.05, 0.1) is 31.3 Å². The third-order valence-electron chi connectivity index (χ3n) is 5.40. The maximum Gasteiger partial charge on any atom is 0.336 e. The highest BCUT2D eigenvalue weighted by Gasteiger charge is 2.36. The topological polar surface area (TPSA) is 93.3 Å². The Bertz CT molecular complexity index is 1290. The molecule has 0 fully saturated rings. The van der Waals surface area contributed by atoms with E-state index in [1.54, 1.807) is 56.5 Å². The molecule has 3 aromatic rings. The van der Waals surface area contributed by atoms with Crippen molar-refractivity contribution in [1.29, 1.82) is 0 Å². The third-order valence-corrected chi connectivity index (χ3v) is 6.32. The lowest BCUT2D eigenvalue weighted by Crippen LogP contribution is -2.31. The highest BCUT2D eigenvalue weighted by atomic mass is 32.2. The molecule has 9 heteroatoms. The number of carbonyl (C=O) groups excluding carboxylic acids is 1. The van der Waals surface area contributed by atoms with Gasteiger partial charge in [-0.15, -0.1) is 0 Å². The minimum atomic E-state index is -0.679. The minimum absolute atomic E-state index is 0.304. The number of H-pyrrole nitrogens is 1. The molecule has 1 aromatic heterocycles. The fourth-order valence-electron chi connectivity index (χ4n) is 3.77. The summed E-state index contributed by atoms with van der Waals surface area (Å²) in [5.74, 6) is -0.228. The van der Waals surface area contributed by atoms with Crippen LogP contribution in [0.25, 0.3) is 0 Å². The molecule has 2 heterocycles. The zero-order valence-corrected chi connectivity index (χ0v) is 19.1. The molecule has 0 saturated heterocycles.